The number of aromatic nitrogens is 3. The van der Waals surface area contributed by atoms with Gasteiger partial charge in [0.25, 0.3) is 0 Å². The lowest BCUT2D eigenvalue weighted by Crippen LogP contribution is -2.30. The van der Waals surface area contributed by atoms with Crippen molar-refractivity contribution >= 4 is 17.0 Å². The maximum Gasteiger partial charge on any atom is 0.169 e. The number of fused-ring (bicyclic) bond motifs is 5. The Labute approximate surface area is 187 Å². The molecule has 32 heavy (non-hydrogen) atoms. The van der Waals surface area contributed by atoms with E-state index in [1.54, 1.807) is 11.3 Å². The zero-order valence-corrected chi connectivity index (χ0v) is 18.6. The summed E-state index contributed by atoms with van der Waals surface area (Å²) in [5, 5.41) is 9.48. The van der Waals surface area contributed by atoms with Gasteiger partial charge in [-0.3, -0.25) is 9.56 Å². The molecule has 0 unspecified atom stereocenters. The molecule has 1 atom stereocenters. The van der Waals surface area contributed by atoms with E-state index in [9.17, 15) is 8.78 Å². The Bertz CT molecular complexity index is 1240. The van der Waals surface area contributed by atoms with Crippen molar-refractivity contribution in [3.05, 3.63) is 63.0 Å². The fourth-order valence-electron chi connectivity index (χ4n) is 5.03. The average molecular weight is 457 g/mol. The van der Waals surface area contributed by atoms with Crippen molar-refractivity contribution in [1.82, 2.24) is 14.8 Å². The summed E-state index contributed by atoms with van der Waals surface area (Å²) in [4.78, 5) is 5.99. The van der Waals surface area contributed by atoms with Crippen LogP contribution in [0.1, 0.15) is 59.0 Å². The molecule has 3 aromatic rings. The number of aryl methyl sites for hydroxylation is 2. The Morgan fingerprint density at radius 2 is 1.78 bits per heavy atom. The number of thiophene rings is 1. The van der Waals surface area contributed by atoms with Crippen LogP contribution in [0.25, 0.3) is 5.00 Å². The molecule has 0 saturated carbocycles. The number of aliphatic imine (C=N–C) groups is 1. The van der Waals surface area contributed by atoms with E-state index in [4.69, 9.17) is 14.5 Å². The first kappa shape index (κ1) is 20.1. The van der Waals surface area contributed by atoms with Gasteiger partial charge in [0.2, 0.25) is 0 Å². The summed E-state index contributed by atoms with van der Waals surface area (Å²) in [6.07, 6.45) is 2.90. The second-order valence-corrected chi connectivity index (χ2v) is 9.57. The number of ether oxygens (including phenoxy) is 2. The van der Waals surface area contributed by atoms with Crippen molar-refractivity contribution in [1.29, 1.82) is 0 Å². The first-order chi connectivity index (χ1) is 15.5. The van der Waals surface area contributed by atoms with E-state index in [-0.39, 0.29) is 5.56 Å². The number of hydrogen-bond acceptors (Lipinski definition) is 6. The number of rotatable bonds is 1. The normalized spacial score (nSPS) is 21.5. The minimum absolute atomic E-state index is 0.0927. The molecule has 2 aromatic heterocycles. The Morgan fingerprint density at radius 1 is 1.06 bits per heavy atom. The molecule has 166 valence electrons. The van der Waals surface area contributed by atoms with Crippen LogP contribution in [0.3, 0.4) is 0 Å². The van der Waals surface area contributed by atoms with Crippen LogP contribution in [0.4, 0.5) is 8.78 Å². The van der Waals surface area contributed by atoms with Gasteiger partial charge in [0, 0.05) is 23.3 Å². The highest BCUT2D eigenvalue weighted by Gasteiger charge is 2.41. The Hall–Kier alpha value is -2.49. The summed E-state index contributed by atoms with van der Waals surface area (Å²) in [5.41, 5.74) is 2.09. The number of nitrogens with zero attached hydrogens (tertiary/aromatic N) is 4. The molecular formula is C23H22F2N4O2S. The van der Waals surface area contributed by atoms with Crippen molar-refractivity contribution in [3.63, 3.8) is 0 Å². The molecule has 0 N–H and O–H groups in total. The lowest BCUT2D eigenvalue weighted by Gasteiger charge is -2.25. The predicted octanol–water partition coefficient (Wildman–Crippen LogP) is 4.45. The van der Waals surface area contributed by atoms with Crippen molar-refractivity contribution in [2.75, 3.05) is 13.2 Å². The topological polar surface area (TPSA) is 61.5 Å². The van der Waals surface area contributed by atoms with Gasteiger partial charge >= 0.3 is 0 Å². The van der Waals surface area contributed by atoms with E-state index in [1.165, 1.54) is 23.1 Å². The molecule has 0 radical (unpaired) electrons. The van der Waals surface area contributed by atoms with E-state index in [1.807, 2.05) is 18.4 Å². The van der Waals surface area contributed by atoms with Gasteiger partial charge < -0.3 is 9.47 Å². The third-order valence-corrected chi connectivity index (χ3v) is 7.84. The quantitative estimate of drug-likeness (QED) is 0.543. The first-order valence-electron chi connectivity index (χ1n) is 10.8. The molecule has 1 spiro atoms. The smallest absolute Gasteiger partial charge is 0.169 e. The summed E-state index contributed by atoms with van der Waals surface area (Å²) in [7, 11) is 0. The van der Waals surface area contributed by atoms with Gasteiger partial charge in [-0.15, -0.1) is 21.5 Å². The highest BCUT2D eigenvalue weighted by atomic mass is 32.1. The summed E-state index contributed by atoms with van der Waals surface area (Å²) in [5.74, 6) is -0.408. The van der Waals surface area contributed by atoms with Crippen LogP contribution in [0, 0.1) is 18.6 Å². The molecule has 1 aromatic carbocycles. The molecule has 1 saturated heterocycles. The minimum atomic E-state index is -0.621. The third-order valence-electron chi connectivity index (χ3n) is 6.56. The summed E-state index contributed by atoms with van der Waals surface area (Å²) in [6, 6.07) is 3.53. The maximum absolute atomic E-state index is 15.0. The summed E-state index contributed by atoms with van der Waals surface area (Å²) < 4.78 is 43.9. The van der Waals surface area contributed by atoms with Crippen molar-refractivity contribution in [2.45, 2.75) is 51.4 Å². The Balaban J connectivity index is 1.60. The van der Waals surface area contributed by atoms with E-state index >= 15 is 0 Å². The van der Waals surface area contributed by atoms with Gasteiger partial charge in [-0.05, 0) is 44.4 Å². The average Bonchev–Trinajstić information content (AvgIpc) is 3.42. The number of benzene rings is 1. The third kappa shape index (κ3) is 2.91. The zero-order valence-electron chi connectivity index (χ0n) is 17.8. The van der Waals surface area contributed by atoms with Crippen LogP contribution in [0.2, 0.25) is 0 Å². The van der Waals surface area contributed by atoms with Crippen LogP contribution >= 0.6 is 11.3 Å². The number of hydrogen-bond donors (Lipinski definition) is 0. The molecule has 1 aliphatic carbocycles. The molecule has 3 aliphatic rings. The van der Waals surface area contributed by atoms with Gasteiger partial charge in [-0.1, -0.05) is 6.07 Å². The monoisotopic (exact) mass is 456 g/mol. The van der Waals surface area contributed by atoms with Gasteiger partial charge in [0.05, 0.1) is 24.5 Å². The predicted molar refractivity (Wildman–Crippen MR) is 116 cm³/mol. The molecule has 6 nitrogen and oxygen atoms in total. The maximum atomic E-state index is 15.0. The summed E-state index contributed by atoms with van der Waals surface area (Å²) >= 11 is 1.63. The number of halogens is 2. The largest absolute Gasteiger partial charge is 0.348 e. The molecular weight excluding hydrogens is 434 g/mol. The molecule has 9 heteroatoms. The van der Waals surface area contributed by atoms with Crippen molar-refractivity contribution in [3.8, 4) is 5.00 Å². The zero-order chi connectivity index (χ0) is 22.0. The van der Waals surface area contributed by atoms with Gasteiger partial charge in [-0.25, -0.2) is 8.78 Å². The Kier molecular flexibility index (Phi) is 4.57. The molecule has 6 rings (SSSR count). The second kappa shape index (κ2) is 7.26. The van der Waals surface area contributed by atoms with Gasteiger partial charge in [0.15, 0.2) is 11.6 Å². The second-order valence-electron chi connectivity index (χ2n) is 8.48. The molecule has 2 aliphatic heterocycles. The summed E-state index contributed by atoms with van der Waals surface area (Å²) in [6.45, 7) is 4.96. The van der Waals surface area contributed by atoms with Crippen LogP contribution in [0.5, 0.6) is 0 Å². The van der Waals surface area contributed by atoms with E-state index in [0.717, 1.165) is 34.8 Å². The van der Waals surface area contributed by atoms with Gasteiger partial charge in [0.1, 0.15) is 28.5 Å². The lowest BCUT2D eigenvalue weighted by molar-refractivity contribution is -0.164. The van der Waals surface area contributed by atoms with E-state index in [2.05, 4.69) is 10.2 Å². The van der Waals surface area contributed by atoms with E-state index < -0.39 is 23.5 Å². The molecule has 0 amide bonds. The van der Waals surface area contributed by atoms with Crippen LogP contribution in [0.15, 0.2) is 23.2 Å². The SMILES string of the molecule is Cc1nnc2n1-c1sc3c(c1C(c1c(F)cccc1F)=N[C@H]2C)CCC1(CC3)OCCO1. The standard InChI is InChI=1S/C23H22F2N4O2S/c1-12-21-28-27-13(2)29(21)22-18(20(26-12)19-15(24)4-3-5-16(19)25)14-6-8-23(30-10-11-31-23)9-7-17(14)32-22/h3-5,12H,6-11H2,1-2H3/t12-/m0/s1. The van der Waals surface area contributed by atoms with Crippen LogP contribution in [-0.2, 0) is 22.3 Å². The highest BCUT2D eigenvalue weighted by molar-refractivity contribution is 7.15. The molecule has 0 bridgehead atoms. The fraction of sp³-hybridized carbons (Fsp3) is 0.435. The Morgan fingerprint density at radius 3 is 2.53 bits per heavy atom. The van der Waals surface area contributed by atoms with Crippen LogP contribution in [-0.4, -0.2) is 39.5 Å². The van der Waals surface area contributed by atoms with E-state index in [0.29, 0.717) is 37.6 Å². The van der Waals surface area contributed by atoms with Crippen molar-refractivity contribution < 1.29 is 18.3 Å². The fourth-order valence-corrected chi connectivity index (χ4v) is 6.43. The first-order valence-corrected chi connectivity index (χ1v) is 11.7. The van der Waals surface area contributed by atoms with Crippen LogP contribution < -0.4 is 0 Å². The molecule has 4 heterocycles. The van der Waals surface area contributed by atoms with Gasteiger partial charge in [-0.2, -0.15) is 0 Å². The molecule has 1 fully saturated rings. The highest BCUT2D eigenvalue weighted by Crippen LogP contribution is 2.44. The minimum Gasteiger partial charge on any atom is -0.348 e. The lowest BCUT2D eigenvalue weighted by atomic mass is 9.95. The van der Waals surface area contributed by atoms with Crippen molar-refractivity contribution in [2.24, 2.45) is 4.99 Å².